The predicted molar refractivity (Wildman–Crippen MR) is 78.3 cm³/mol. The van der Waals surface area contributed by atoms with Gasteiger partial charge in [-0.15, -0.1) is 0 Å². The zero-order valence-corrected chi connectivity index (χ0v) is 13.1. The van der Waals surface area contributed by atoms with Crippen LogP contribution < -0.4 is 5.32 Å². The molecule has 0 saturated heterocycles. The summed E-state index contributed by atoms with van der Waals surface area (Å²) in [6, 6.07) is 5.51. The van der Waals surface area contributed by atoms with Gasteiger partial charge in [0.05, 0.1) is 12.1 Å². The van der Waals surface area contributed by atoms with Crippen molar-refractivity contribution in [3.8, 4) is 0 Å². The van der Waals surface area contributed by atoms with Gasteiger partial charge in [-0.25, -0.2) is 0 Å². The molecular formula is C14H20BrNO3. The summed E-state index contributed by atoms with van der Waals surface area (Å²) in [5, 5.41) is 12.0. The molecule has 106 valence electrons. The molecule has 0 saturated carbocycles. The van der Waals surface area contributed by atoms with Gasteiger partial charge in [0.15, 0.2) is 0 Å². The maximum Gasteiger partial charge on any atom is 0.252 e. The molecular weight excluding hydrogens is 310 g/mol. The van der Waals surface area contributed by atoms with Crippen LogP contribution in [0.25, 0.3) is 0 Å². The van der Waals surface area contributed by atoms with Crippen LogP contribution in [0.1, 0.15) is 29.3 Å². The molecule has 0 spiro atoms. The van der Waals surface area contributed by atoms with Gasteiger partial charge >= 0.3 is 0 Å². The monoisotopic (exact) mass is 329 g/mol. The van der Waals surface area contributed by atoms with Crippen LogP contribution in [0, 0.1) is 6.92 Å². The fourth-order valence-corrected chi connectivity index (χ4v) is 2.43. The average Bonchev–Trinajstić information content (AvgIpc) is 2.28. The van der Waals surface area contributed by atoms with Crippen molar-refractivity contribution in [2.45, 2.75) is 25.8 Å². The average molecular weight is 330 g/mol. The van der Waals surface area contributed by atoms with Crippen LogP contribution in [0.15, 0.2) is 22.7 Å². The second kappa shape index (κ2) is 7.03. The van der Waals surface area contributed by atoms with Gasteiger partial charge in [-0.1, -0.05) is 15.9 Å². The normalized spacial score (nSPS) is 13.9. The summed E-state index contributed by atoms with van der Waals surface area (Å²) in [6.45, 7) is 4.10. The first kappa shape index (κ1) is 16.1. The van der Waals surface area contributed by atoms with E-state index in [0.29, 0.717) is 18.6 Å². The first-order valence-corrected chi connectivity index (χ1v) is 6.89. The SMILES string of the molecule is COCC(C)(CCO)NC(=O)c1ccc(Br)cc1C. The second-order valence-corrected chi connectivity index (χ2v) is 5.80. The van der Waals surface area contributed by atoms with E-state index in [4.69, 9.17) is 9.84 Å². The van der Waals surface area contributed by atoms with E-state index < -0.39 is 5.54 Å². The number of benzene rings is 1. The van der Waals surface area contributed by atoms with Gasteiger partial charge in [-0.2, -0.15) is 0 Å². The smallest absolute Gasteiger partial charge is 0.252 e. The first-order chi connectivity index (χ1) is 8.91. The number of methoxy groups -OCH3 is 1. The Morgan fingerprint density at radius 3 is 2.74 bits per heavy atom. The number of hydrogen-bond acceptors (Lipinski definition) is 3. The summed E-state index contributed by atoms with van der Waals surface area (Å²) in [5.41, 5.74) is 0.958. The van der Waals surface area contributed by atoms with Crippen LogP contribution in [-0.2, 0) is 4.74 Å². The number of rotatable bonds is 6. The number of aliphatic hydroxyl groups excluding tert-OH is 1. The molecule has 1 aromatic carbocycles. The van der Waals surface area contributed by atoms with E-state index in [0.717, 1.165) is 10.0 Å². The number of halogens is 1. The van der Waals surface area contributed by atoms with Crippen LogP contribution in [0.4, 0.5) is 0 Å². The number of aryl methyl sites for hydroxylation is 1. The van der Waals surface area contributed by atoms with Crippen LogP contribution >= 0.6 is 15.9 Å². The van der Waals surface area contributed by atoms with Crippen molar-refractivity contribution >= 4 is 21.8 Å². The van der Waals surface area contributed by atoms with E-state index in [1.54, 1.807) is 13.2 Å². The molecule has 0 aliphatic rings. The molecule has 5 heteroatoms. The van der Waals surface area contributed by atoms with Crippen molar-refractivity contribution in [3.63, 3.8) is 0 Å². The van der Waals surface area contributed by atoms with E-state index in [1.807, 2.05) is 26.0 Å². The van der Waals surface area contributed by atoms with E-state index >= 15 is 0 Å². The van der Waals surface area contributed by atoms with Crippen molar-refractivity contribution in [1.29, 1.82) is 0 Å². The summed E-state index contributed by atoms with van der Waals surface area (Å²) in [5.74, 6) is -0.155. The van der Waals surface area contributed by atoms with E-state index in [9.17, 15) is 4.79 Å². The number of carbonyl (C=O) groups excluding carboxylic acids is 1. The zero-order valence-electron chi connectivity index (χ0n) is 11.5. The van der Waals surface area contributed by atoms with Crippen molar-refractivity contribution in [2.75, 3.05) is 20.3 Å². The molecule has 0 bridgehead atoms. The fraction of sp³-hybridized carbons (Fsp3) is 0.500. The minimum Gasteiger partial charge on any atom is -0.396 e. The van der Waals surface area contributed by atoms with Gasteiger partial charge in [0.2, 0.25) is 0 Å². The molecule has 1 rings (SSSR count). The third kappa shape index (κ3) is 4.60. The van der Waals surface area contributed by atoms with Gasteiger partial charge in [-0.05, 0) is 44.0 Å². The van der Waals surface area contributed by atoms with Gasteiger partial charge in [-0.3, -0.25) is 4.79 Å². The van der Waals surface area contributed by atoms with Crippen LogP contribution in [-0.4, -0.2) is 36.9 Å². The number of amides is 1. The Bertz CT molecular complexity index is 442. The molecule has 4 nitrogen and oxygen atoms in total. The summed E-state index contributed by atoms with van der Waals surface area (Å²) < 4.78 is 6.05. The number of nitrogens with one attached hydrogen (secondary N) is 1. The van der Waals surface area contributed by atoms with Crippen LogP contribution in [0.2, 0.25) is 0 Å². The molecule has 1 amide bonds. The van der Waals surface area contributed by atoms with Gasteiger partial charge < -0.3 is 15.2 Å². The van der Waals surface area contributed by atoms with Gasteiger partial charge in [0, 0.05) is 23.8 Å². The lowest BCUT2D eigenvalue weighted by atomic mass is 9.98. The van der Waals surface area contributed by atoms with E-state index in [2.05, 4.69) is 21.2 Å². The van der Waals surface area contributed by atoms with Crippen molar-refractivity contribution < 1.29 is 14.6 Å². The highest BCUT2D eigenvalue weighted by Crippen LogP contribution is 2.17. The quantitative estimate of drug-likeness (QED) is 0.841. The molecule has 1 unspecified atom stereocenters. The Hall–Kier alpha value is -0.910. The lowest BCUT2D eigenvalue weighted by Gasteiger charge is -2.29. The van der Waals surface area contributed by atoms with Crippen molar-refractivity contribution in [1.82, 2.24) is 5.32 Å². The van der Waals surface area contributed by atoms with Crippen LogP contribution in [0.3, 0.4) is 0 Å². The number of ether oxygens (including phenoxy) is 1. The standard InChI is InChI=1S/C14H20BrNO3/c1-10-8-11(15)4-5-12(10)13(18)16-14(2,6-7-17)9-19-3/h4-5,8,17H,6-7,9H2,1-3H3,(H,16,18). The molecule has 19 heavy (non-hydrogen) atoms. The summed E-state index contributed by atoms with van der Waals surface area (Å²) in [4.78, 5) is 12.3. The second-order valence-electron chi connectivity index (χ2n) is 4.88. The Balaban J connectivity index is 2.87. The molecule has 0 aliphatic carbocycles. The maximum atomic E-state index is 12.3. The Kier molecular flexibility index (Phi) is 5.97. The minimum absolute atomic E-state index is 0.000536. The first-order valence-electron chi connectivity index (χ1n) is 6.10. The fourth-order valence-electron chi connectivity index (χ4n) is 1.96. The minimum atomic E-state index is -0.569. The largest absolute Gasteiger partial charge is 0.396 e. The van der Waals surface area contributed by atoms with Gasteiger partial charge in [0.1, 0.15) is 0 Å². The molecule has 0 aliphatic heterocycles. The number of hydrogen-bond donors (Lipinski definition) is 2. The van der Waals surface area contributed by atoms with Crippen molar-refractivity contribution in [3.05, 3.63) is 33.8 Å². The lowest BCUT2D eigenvalue weighted by Crippen LogP contribution is -2.50. The molecule has 0 heterocycles. The Morgan fingerprint density at radius 2 is 2.21 bits per heavy atom. The summed E-state index contributed by atoms with van der Waals surface area (Å²) >= 11 is 3.37. The lowest BCUT2D eigenvalue weighted by molar-refractivity contribution is 0.0725. The van der Waals surface area contributed by atoms with E-state index in [-0.39, 0.29) is 12.5 Å². The third-order valence-corrected chi connectivity index (χ3v) is 3.47. The zero-order chi connectivity index (χ0) is 14.5. The maximum absolute atomic E-state index is 12.3. The van der Waals surface area contributed by atoms with Crippen molar-refractivity contribution in [2.24, 2.45) is 0 Å². The van der Waals surface area contributed by atoms with Gasteiger partial charge in [0.25, 0.3) is 5.91 Å². The van der Waals surface area contributed by atoms with Crippen LogP contribution in [0.5, 0.6) is 0 Å². The number of aliphatic hydroxyl groups is 1. The predicted octanol–water partition coefficient (Wildman–Crippen LogP) is 2.27. The molecule has 2 N–H and O–H groups in total. The number of carbonyl (C=O) groups is 1. The Morgan fingerprint density at radius 1 is 1.53 bits per heavy atom. The van der Waals surface area contributed by atoms with E-state index in [1.165, 1.54) is 0 Å². The molecule has 0 radical (unpaired) electrons. The molecule has 1 atom stereocenters. The topological polar surface area (TPSA) is 58.6 Å². The molecule has 1 aromatic rings. The highest BCUT2D eigenvalue weighted by molar-refractivity contribution is 9.10. The highest BCUT2D eigenvalue weighted by Gasteiger charge is 2.26. The molecule has 0 aromatic heterocycles. The third-order valence-electron chi connectivity index (χ3n) is 2.97. The Labute approximate surface area is 122 Å². The summed E-state index contributed by atoms with van der Waals surface area (Å²) in [7, 11) is 1.58. The molecule has 0 fully saturated rings. The summed E-state index contributed by atoms with van der Waals surface area (Å²) in [6.07, 6.45) is 0.447. The highest BCUT2D eigenvalue weighted by atomic mass is 79.9.